The van der Waals surface area contributed by atoms with Crippen LogP contribution in [0.3, 0.4) is 0 Å². The summed E-state index contributed by atoms with van der Waals surface area (Å²) < 4.78 is 28.9. The van der Waals surface area contributed by atoms with Crippen molar-refractivity contribution in [3.8, 4) is 0 Å². The number of rotatable bonds is 10. The lowest BCUT2D eigenvalue weighted by atomic mass is 10.1. The second-order valence-electron chi connectivity index (χ2n) is 6.98. The largest absolute Gasteiger partial charge is 0.301 e. The van der Waals surface area contributed by atoms with Gasteiger partial charge in [-0.25, -0.2) is 0 Å². The van der Waals surface area contributed by atoms with Crippen LogP contribution in [0.4, 0.5) is 0 Å². The Morgan fingerprint density at radius 2 is 1.65 bits per heavy atom. The molecule has 1 aromatic rings. The van der Waals surface area contributed by atoms with E-state index >= 15 is 0 Å². The quantitative estimate of drug-likeness (QED) is 0.671. The first-order valence-corrected chi connectivity index (χ1v) is 11.1. The number of piperazine rings is 1. The number of nitrogens with one attached hydrogen (secondary N) is 1. The van der Waals surface area contributed by atoms with Crippen LogP contribution in [0.2, 0.25) is 0 Å². The molecule has 0 aromatic heterocycles. The molecule has 1 heterocycles. The van der Waals surface area contributed by atoms with Crippen LogP contribution in [-0.4, -0.2) is 68.8 Å². The first-order chi connectivity index (χ1) is 12.5. The van der Waals surface area contributed by atoms with Crippen LogP contribution in [0.1, 0.15) is 37.8 Å². The molecule has 26 heavy (non-hydrogen) atoms. The summed E-state index contributed by atoms with van der Waals surface area (Å²) in [5.41, 5.74) is 2.26. The summed E-state index contributed by atoms with van der Waals surface area (Å²) in [6.07, 6.45) is 1.85. The maximum absolute atomic E-state index is 12.4. The highest BCUT2D eigenvalue weighted by Crippen LogP contribution is 2.14. The zero-order valence-corrected chi connectivity index (χ0v) is 17.3. The Kier molecular flexibility index (Phi) is 8.50. The number of benzene rings is 1. The summed E-state index contributed by atoms with van der Waals surface area (Å²) in [5.74, 6) is 0. The van der Waals surface area contributed by atoms with Crippen molar-refractivity contribution in [1.82, 2.24) is 18.8 Å². The molecule has 1 aliphatic rings. The number of hydrogen-bond donors (Lipinski definition) is 1. The molecule has 1 aliphatic heterocycles. The molecule has 0 aliphatic carbocycles. The molecule has 1 N–H and O–H groups in total. The zero-order valence-electron chi connectivity index (χ0n) is 16.4. The Hall–Kier alpha value is -0.990. The van der Waals surface area contributed by atoms with Crippen LogP contribution >= 0.6 is 0 Å². The predicted molar refractivity (Wildman–Crippen MR) is 107 cm³/mol. The number of unbranched alkanes of at least 4 members (excludes halogenated alkanes) is 1. The van der Waals surface area contributed by atoms with Crippen molar-refractivity contribution in [1.29, 1.82) is 0 Å². The number of nitrogens with zero attached hydrogens (tertiary/aromatic N) is 3. The van der Waals surface area contributed by atoms with Gasteiger partial charge in [0.2, 0.25) is 0 Å². The van der Waals surface area contributed by atoms with E-state index in [-0.39, 0.29) is 0 Å². The minimum absolute atomic E-state index is 0.337. The van der Waals surface area contributed by atoms with Crippen molar-refractivity contribution < 1.29 is 8.42 Å². The van der Waals surface area contributed by atoms with E-state index in [4.69, 9.17) is 0 Å². The fraction of sp³-hybridized carbons (Fsp3) is 0.684. The molecule has 1 aromatic carbocycles. The maximum atomic E-state index is 12.4. The average Bonchev–Trinajstić information content (AvgIpc) is 2.66. The van der Waals surface area contributed by atoms with Gasteiger partial charge < -0.3 is 4.90 Å². The third-order valence-electron chi connectivity index (χ3n) is 5.11. The second kappa shape index (κ2) is 10.4. The predicted octanol–water partition coefficient (Wildman–Crippen LogP) is 1.89. The standard InChI is InChI=1S/C19H34N4O2S/c1-4-6-11-21(3)26(24,25)20-16-18-9-7-8-10-19(18)17-23-14-12-22(5-2)13-15-23/h7-10,20H,4-6,11-17H2,1-3H3. The van der Waals surface area contributed by atoms with E-state index in [2.05, 4.69) is 34.4 Å². The van der Waals surface area contributed by atoms with Gasteiger partial charge in [-0.2, -0.15) is 17.4 Å². The second-order valence-corrected chi connectivity index (χ2v) is 8.84. The van der Waals surface area contributed by atoms with Crippen molar-refractivity contribution in [2.75, 3.05) is 46.3 Å². The van der Waals surface area contributed by atoms with Crippen LogP contribution < -0.4 is 4.72 Å². The lowest BCUT2D eigenvalue weighted by Crippen LogP contribution is -2.45. The molecule has 0 saturated carbocycles. The van der Waals surface area contributed by atoms with Crippen molar-refractivity contribution >= 4 is 10.2 Å². The van der Waals surface area contributed by atoms with E-state index in [0.29, 0.717) is 13.1 Å². The van der Waals surface area contributed by atoms with Gasteiger partial charge in [0.15, 0.2) is 0 Å². The Balaban J connectivity index is 1.94. The van der Waals surface area contributed by atoms with Crippen molar-refractivity contribution in [3.05, 3.63) is 35.4 Å². The van der Waals surface area contributed by atoms with Crippen LogP contribution in [0.15, 0.2) is 24.3 Å². The summed E-state index contributed by atoms with van der Waals surface area (Å²) in [4.78, 5) is 4.91. The topological polar surface area (TPSA) is 55.9 Å². The molecule has 0 unspecified atom stereocenters. The SMILES string of the molecule is CCCCN(C)S(=O)(=O)NCc1ccccc1CN1CCN(CC)CC1. The fourth-order valence-electron chi connectivity index (χ4n) is 3.17. The molecule has 0 atom stereocenters. The Labute approximate surface area is 159 Å². The molecular weight excluding hydrogens is 348 g/mol. The fourth-order valence-corrected chi connectivity index (χ4v) is 4.10. The van der Waals surface area contributed by atoms with E-state index in [0.717, 1.165) is 57.7 Å². The van der Waals surface area contributed by atoms with Gasteiger partial charge in [0, 0.05) is 52.9 Å². The Morgan fingerprint density at radius 3 is 2.27 bits per heavy atom. The molecule has 0 spiro atoms. The summed E-state index contributed by atoms with van der Waals surface area (Å²) >= 11 is 0. The lowest BCUT2D eigenvalue weighted by molar-refractivity contribution is 0.131. The smallest absolute Gasteiger partial charge is 0.279 e. The highest BCUT2D eigenvalue weighted by molar-refractivity contribution is 7.87. The molecule has 0 radical (unpaired) electrons. The molecule has 0 amide bonds. The Bertz CT molecular complexity index is 643. The molecule has 2 rings (SSSR count). The van der Waals surface area contributed by atoms with E-state index in [1.807, 2.05) is 18.2 Å². The van der Waals surface area contributed by atoms with Crippen LogP contribution in [0, 0.1) is 0 Å². The molecular formula is C19H34N4O2S. The number of hydrogen-bond acceptors (Lipinski definition) is 4. The van der Waals surface area contributed by atoms with Gasteiger partial charge in [0.1, 0.15) is 0 Å². The summed E-state index contributed by atoms with van der Waals surface area (Å²) in [6.45, 7) is 11.5. The van der Waals surface area contributed by atoms with E-state index < -0.39 is 10.2 Å². The van der Waals surface area contributed by atoms with Gasteiger partial charge in [-0.15, -0.1) is 0 Å². The van der Waals surface area contributed by atoms with E-state index in [1.54, 1.807) is 7.05 Å². The van der Waals surface area contributed by atoms with Crippen molar-refractivity contribution in [3.63, 3.8) is 0 Å². The molecule has 1 fully saturated rings. The van der Waals surface area contributed by atoms with Gasteiger partial charge in [0.25, 0.3) is 10.2 Å². The van der Waals surface area contributed by atoms with Gasteiger partial charge >= 0.3 is 0 Å². The minimum atomic E-state index is -3.43. The number of likely N-dealkylation sites (N-methyl/N-ethyl adjacent to an activating group) is 1. The maximum Gasteiger partial charge on any atom is 0.279 e. The molecule has 148 valence electrons. The highest BCUT2D eigenvalue weighted by atomic mass is 32.2. The molecule has 0 bridgehead atoms. The zero-order chi connectivity index (χ0) is 19.0. The summed E-state index contributed by atoms with van der Waals surface area (Å²) in [7, 11) is -1.79. The normalized spacial score (nSPS) is 17.1. The first kappa shape index (κ1) is 21.3. The summed E-state index contributed by atoms with van der Waals surface area (Å²) in [6, 6.07) is 8.13. The molecule has 6 nitrogen and oxygen atoms in total. The molecule has 1 saturated heterocycles. The first-order valence-electron chi connectivity index (χ1n) is 9.68. The van der Waals surface area contributed by atoms with Gasteiger partial charge in [-0.1, -0.05) is 44.5 Å². The van der Waals surface area contributed by atoms with Crippen LogP contribution in [0.5, 0.6) is 0 Å². The minimum Gasteiger partial charge on any atom is -0.301 e. The van der Waals surface area contributed by atoms with E-state index in [1.165, 1.54) is 9.87 Å². The Morgan fingerprint density at radius 1 is 1.04 bits per heavy atom. The molecule has 7 heteroatoms. The van der Waals surface area contributed by atoms with Crippen molar-refractivity contribution in [2.45, 2.75) is 39.8 Å². The third kappa shape index (κ3) is 6.32. The van der Waals surface area contributed by atoms with E-state index in [9.17, 15) is 8.42 Å². The summed E-state index contributed by atoms with van der Waals surface area (Å²) in [5, 5.41) is 0. The lowest BCUT2D eigenvalue weighted by Gasteiger charge is -2.34. The monoisotopic (exact) mass is 382 g/mol. The van der Waals surface area contributed by atoms with Crippen LogP contribution in [0.25, 0.3) is 0 Å². The van der Waals surface area contributed by atoms with Crippen molar-refractivity contribution in [2.24, 2.45) is 0 Å². The van der Waals surface area contributed by atoms with Gasteiger partial charge in [0.05, 0.1) is 0 Å². The third-order valence-corrected chi connectivity index (χ3v) is 6.62. The highest BCUT2D eigenvalue weighted by Gasteiger charge is 2.19. The van der Waals surface area contributed by atoms with Gasteiger partial charge in [-0.3, -0.25) is 4.90 Å². The average molecular weight is 383 g/mol. The van der Waals surface area contributed by atoms with Crippen LogP contribution in [-0.2, 0) is 23.3 Å². The van der Waals surface area contributed by atoms with Gasteiger partial charge in [-0.05, 0) is 24.1 Å².